The van der Waals surface area contributed by atoms with E-state index >= 15 is 0 Å². The summed E-state index contributed by atoms with van der Waals surface area (Å²) in [6.07, 6.45) is 0. The Balaban J connectivity index is 0.000000190. The average Bonchev–Trinajstić information content (AvgIpc) is 0.811. The summed E-state index contributed by atoms with van der Waals surface area (Å²) in [4.78, 5) is 8.22. The van der Waals surface area contributed by atoms with Crippen LogP contribution in [0, 0.1) is 38.5 Å². The van der Waals surface area contributed by atoms with Gasteiger partial charge in [-0.25, -0.2) is 0 Å². The number of phenolic OH excluding ortho intramolecular Hbond substituents is 2. The van der Waals surface area contributed by atoms with E-state index in [0.717, 1.165) is 88.8 Å². The molecule has 2 aromatic heterocycles. The molecule has 12 heteroatoms. The van der Waals surface area contributed by atoms with Crippen molar-refractivity contribution in [3.05, 3.63) is 244 Å². The van der Waals surface area contributed by atoms with Crippen LogP contribution >= 0.6 is 23.2 Å². The van der Waals surface area contributed by atoms with Gasteiger partial charge in [-0.05, 0) is 74.7 Å². The fraction of sp³-hybridized carbons (Fsp3) is 0.293. The van der Waals surface area contributed by atoms with Crippen molar-refractivity contribution in [2.75, 3.05) is 0 Å². The molecule has 94 heavy (non-hydrogen) atoms. The molecular formula is C82H96Cl2MoN4O3SiW-2. The molecule has 0 amide bonds. The summed E-state index contributed by atoms with van der Waals surface area (Å²) in [5.74, 6) is 2.65. The van der Waals surface area contributed by atoms with E-state index in [1.54, 1.807) is 12.1 Å². The van der Waals surface area contributed by atoms with Crippen LogP contribution in [0.2, 0.25) is 28.2 Å². The predicted octanol–water partition coefficient (Wildman–Crippen LogP) is 24.9. The average molecular weight is 1560 g/mol. The predicted molar refractivity (Wildman–Crippen MR) is 402 cm³/mol. The molecule has 0 unspecified atom stereocenters. The Morgan fingerprint density at radius 3 is 1.28 bits per heavy atom. The molecule has 0 aliphatic rings. The van der Waals surface area contributed by atoms with Crippen LogP contribution in [0.3, 0.4) is 0 Å². The van der Waals surface area contributed by atoms with Crippen LogP contribution in [-0.4, -0.2) is 27.3 Å². The maximum atomic E-state index is 10.6. The minimum absolute atomic E-state index is 0.113. The van der Waals surface area contributed by atoms with Crippen molar-refractivity contribution in [1.82, 2.24) is 9.97 Å². The van der Waals surface area contributed by atoms with Crippen LogP contribution in [0.1, 0.15) is 136 Å². The van der Waals surface area contributed by atoms with Gasteiger partial charge in [-0.2, -0.15) is 22.8 Å². The summed E-state index contributed by atoms with van der Waals surface area (Å²) in [5, 5.41) is 28.2. The number of aromatic nitrogens is 2. The van der Waals surface area contributed by atoms with Crippen molar-refractivity contribution in [2.45, 2.75) is 148 Å². The van der Waals surface area contributed by atoms with Crippen LogP contribution in [0.15, 0.2) is 207 Å². The molecule has 2 heterocycles. The Morgan fingerprint density at radius 1 is 0.468 bits per heavy atom. The Bertz CT molecular complexity index is 4290. The number of benzene rings is 9. The second-order valence-corrected chi connectivity index (χ2v) is 37.1. The third kappa shape index (κ3) is 22.7. The minimum atomic E-state index is -2.00. The Kier molecular flexibility index (Phi) is 28.2. The van der Waals surface area contributed by atoms with E-state index in [0.29, 0.717) is 33.4 Å². The molecule has 9 aromatic carbocycles. The Hall–Kier alpha value is -6.77. The maximum absolute atomic E-state index is 10.6. The van der Waals surface area contributed by atoms with Crippen LogP contribution < -0.4 is 14.4 Å². The van der Waals surface area contributed by atoms with Gasteiger partial charge >= 0.3 is 236 Å². The molecule has 0 aliphatic carbocycles. The Morgan fingerprint density at radius 2 is 0.862 bits per heavy atom. The molecule has 11 rings (SSSR count). The number of hydrogen-bond donors (Lipinski definition) is 2. The largest absolute Gasteiger partial charge is 0.665 e. The zero-order chi connectivity index (χ0) is 69.1. The fourth-order valence-corrected chi connectivity index (χ4v) is 15.6. The molecule has 0 fully saturated rings. The summed E-state index contributed by atoms with van der Waals surface area (Å²) in [7, 11) is -2.00. The molecule has 0 aliphatic heterocycles. The van der Waals surface area contributed by atoms with Crippen LogP contribution in [-0.2, 0) is 35.8 Å². The first-order chi connectivity index (χ1) is 44.2. The molecule has 7 nitrogen and oxygen atoms in total. The van der Waals surface area contributed by atoms with Gasteiger partial charge in [0.15, 0.2) is 0 Å². The monoisotopic (exact) mass is 1560 g/mol. The van der Waals surface area contributed by atoms with Crippen LogP contribution in [0.25, 0.3) is 54.6 Å². The van der Waals surface area contributed by atoms with Crippen molar-refractivity contribution in [3.8, 4) is 39.5 Å². The van der Waals surface area contributed by atoms with Gasteiger partial charge in [-0.1, -0.05) is 194 Å². The molecule has 0 atom stereocenters. The summed E-state index contributed by atoms with van der Waals surface area (Å²) in [6, 6.07) is 66.4. The molecule has 0 bridgehead atoms. The number of aryl methyl sites for hydroxylation is 4. The van der Waals surface area contributed by atoms with Gasteiger partial charge < -0.3 is 24.6 Å². The van der Waals surface area contributed by atoms with Gasteiger partial charge in [-0.3, -0.25) is 0 Å². The van der Waals surface area contributed by atoms with E-state index in [-0.39, 0.29) is 15.9 Å². The summed E-state index contributed by atoms with van der Waals surface area (Å²) in [6.45, 7) is 41.6. The van der Waals surface area contributed by atoms with Gasteiger partial charge in [-0.15, -0.1) is 0 Å². The van der Waals surface area contributed by atoms with Crippen molar-refractivity contribution >= 4 is 84.0 Å². The molecule has 0 saturated carbocycles. The second-order valence-electron chi connectivity index (χ2n) is 27.7. The number of aromatic hydroxyl groups is 2. The van der Waals surface area contributed by atoms with Gasteiger partial charge in [0, 0.05) is 16.2 Å². The van der Waals surface area contributed by atoms with Crippen molar-refractivity contribution < 1.29 is 50.5 Å². The normalized spacial score (nSPS) is 11.3. The topological polar surface area (TPSA) is 103 Å². The molecule has 0 saturated heterocycles. The number of fused-ring (bicyclic) bond motifs is 3. The first-order valence-electron chi connectivity index (χ1n) is 32.1. The molecule has 0 spiro atoms. The quantitative estimate of drug-likeness (QED) is 0.148. The first kappa shape index (κ1) is 76.3. The van der Waals surface area contributed by atoms with Crippen molar-refractivity contribution in [1.29, 1.82) is 0 Å². The van der Waals surface area contributed by atoms with E-state index in [2.05, 4.69) is 198 Å². The molecule has 0 radical (unpaired) electrons. The molecule has 11 aromatic rings. The third-order valence-electron chi connectivity index (χ3n) is 15.4. The number of hydrogen-bond acceptors (Lipinski definition) is 5. The molecular weight excluding hydrogens is 1470 g/mol. The summed E-state index contributed by atoms with van der Waals surface area (Å²) >= 11 is 10.8. The van der Waals surface area contributed by atoms with Gasteiger partial charge in [0.1, 0.15) is 17.2 Å². The standard InChI is InChI=1S/C26H28O2Si.C16H12O.C12H17N.C6H3Cl2N.2C6H8N.2C5H10.Mo.W/c1-26(2,3)29(4,5)28-23-17-9-13-19-11-7-15-21(25(19)23)20-14-6-10-18-12-8-16-22(27)24(18)20;17-15-11-5-9-13-8-4-10-14(16(13)15)12-6-2-1-3-7-12;1-8(2)10-6-5-7-11(9(3)4)12(10)13;7-4-2-1-3-5(8)6(4)9;2*1-5-3-4-6(2)7-5;2*1-5(2,3)4;;/h6-17,27H,1-5H3;1-11,17H;5-9H,1-4H3;1-3H;2*3-4H,1-2H3;2*1H,2-4H3;;/q;;;;2*-1;;;;. The van der Waals surface area contributed by atoms with E-state index in [1.807, 2.05) is 143 Å². The SMILES string of the molecule is CC(C)(C)[CH]=[W]=[N]c1c(Cl)cccc1Cl.CC(C)(C)[Si](C)(C)Oc1cccc2cccc(-c3cccc4cccc(O)c34)c12.CC(C)c1cccc(C(C)C)c1[N]=[Mo]=[CH]C(C)(C)C.Cc1ccc(C)[n-]1.Cc1ccc(C)[n-]1.Oc1cccc2cccc(-c3ccccc3)c12. The van der Waals surface area contributed by atoms with Crippen LogP contribution in [0.4, 0.5) is 11.4 Å². The second kappa shape index (κ2) is 34.8. The van der Waals surface area contributed by atoms with Gasteiger partial charge in [0.2, 0.25) is 0 Å². The Labute approximate surface area is 588 Å². The van der Waals surface area contributed by atoms with E-state index in [4.69, 9.17) is 31.1 Å². The zero-order valence-electron chi connectivity index (χ0n) is 58.5. The van der Waals surface area contributed by atoms with Gasteiger partial charge in [0.05, 0.1) is 0 Å². The molecule has 2 N–H and O–H groups in total. The fourth-order valence-electron chi connectivity index (χ4n) is 9.62. The number of phenols is 2. The van der Waals surface area contributed by atoms with E-state index in [9.17, 15) is 10.2 Å². The number of rotatable bonds is 8. The van der Waals surface area contributed by atoms with Crippen molar-refractivity contribution in [2.24, 2.45) is 17.8 Å². The van der Waals surface area contributed by atoms with Gasteiger partial charge in [0.25, 0.3) is 8.32 Å². The van der Waals surface area contributed by atoms with Crippen molar-refractivity contribution in [3.63, 3.8) is 0 Å². The van der Waals surface area contributed by atoms with Crippen LogP contribution in [0.5, 0.6) is 17.2 Å². The first-order valence-corrected chi connectivity index (χ1v) is 40.8. The summed E-state index contributed by atoms with van der Waals surface area (Å²) < 4.78 is 21.0. The smallest absolute Gasteiger partial charge is 0.124 e. The van der Waals surface area contributed by atoms with E-state index in [1.165, 1.54) is 16.8 Å². The maximum Gasteiger partial charge on any atom is 0.124 e. The third-order valence-corrected chi connectivity index (χ3v) is 27.0. The molecule has 494 valence electrons. The minimum Gasteiger partial charge on any atom is -0.665 e. The summed E-state index contributed by atoms with van der Waals surface area (Å²) in [5.41, 5.74) is 14.1. The number of nitrogens with zero attached hydrogens (tertiary/aromatic N) is 4. The number of halogens is 2. The van der Waals surface area contributed by atoms with E-state index < -0.39 is 44.2 Å². The zero-order valence-corrected chi connectivity index (χ0v) is 66.0.